The average molecular weight is 2050 g/mol. The highest BCUT2D eigenvalue weighted by Gasteiger charge is 2.32. The highest BCUT2D eigenvalue weighted by Crippen LogP contribution is 2.52. The summed E-state index contributed by atoms with van der Waals surface area (Å²) in [6.07, 6.45) is 9.95. The Hall–Kier alpha value is -10.3. The Balaban J connectivity index is 0.000000189. The maximum atomic E-state index is 13.3. The molecule has 738 valence electrons. The zero-order valence-electron chi connectivity index (χ0n) is 75.6. The number of fused-ring (bicyclic) bond motifs is 4. The lowest BCUT2D eigenvalue weighted by molar-refractivity contribution is -0.117. The number of rotatable bonds is 52. The molecule has 1 aliphatic carbocycles. The molecule has 8 aromatic heterocycles. The zero-order chi connectivity index (χ0) is 98.2. The summed E-state index contributed by atoms with van der Waals surface area (Å²) in [5.41, 5.74) is 25.6. The highest BCUT2D eigenvalue weighted by atomic mass is 32.2. The molecule has 8 heterocycles. The quantitative estimate of drug-likeness (QED) is 0.00997. The standard InChI is InChI=1S/C22H28N5O6PS.C22H30N5O6PS.C21H26N5O6PS.C20H26N5O6PS/c23-22-25-19-18(20(28)26-22)24-14-27(19)9-10-31-15-34(30,33-13-16-5-2-1-3-6-16)32-11-12-35-21(29)17-7-4-8-17;1-22(2,3)20(29)35-12-11-32-34(30,33-13-16-7-5-4-6-8-16)15-31-10-9-27-14-24-17-18(27)25-21(23)26-19(17)28;1-2-6-17(27)34-12-11-31-33(29,32-13-16-7-4-3-5-8-16)15-30-10-9-26-14-23-18-19(26)24-21(22)25-20(18)28;1-2-16(26)33-11-10-30-32(28,31-12-15-6-4-3-5-7-15)14-29-9-8-25-13-22-17-18(25)23-20(21)24-19(17)27/h1-3,5-6,14,17H,4,7-13,15H2,(H3,23,25,26,28);4-8,14H,9-13,15H2,1-3H3,(H3,23,25,26,28);2-5,7-8,14H,1,6,9-13,15H2,(H3,22,24,25,28);3-7,13H,2,8-12,14H2,1H3,(H3,21,23,24,27). The van der Waals surface area contributed by atoms with Crippen molar-refractivity contribution in [3.63, 3.8) is 0 Å². The Morgan fingerprint density at radius 3 is 0.934 bits per heavy atom. The minimum Gasteiger partial charge on any atom is -0.369 e. The number of nitrogens with two attached hydrogens (primary N) is 4. The molecule has 1 aliphatic rings. The van der Waals surface area contributed by atoms with Gasteiger partial charge in [0.15, 0.2) is 65.1 Å². The van der Waals surface area contributed by atoms with Gasteiger partial charge in [0, 0.05) is 73.4 Å². The number of nitrogens with zero attached hydrogens (tertiary/aromatic N) is 12. The molecule has 137 heavy (non-hydrogen) atoms. The van der Waals surface area contributed by atoms with E-state index in [4.69, 9.17) is 78.1 Å². The Kier molecular flexibility index (Phi) is 43.6. The number of hydrogen-bond donors (Lipinski definition) is 8. The van der Waals surface area contributed by atoms with Gasteiger partial charge >= 0.3 is 30.4 Å². The van der Waals surface area contributed by atoms with E-state index in [0.717, 1.165) is 76.8 Å². The lowest BCUT2D eigenvalue weighted by Gasteiger charge is -2.23. The molecule has 0 saturated heterocycles. The van der Waals surface area contributed by atoms with Crippen molar-refractivity contribution < 1.29 is 92.6 Å². The van der Waals surface area contributed by atoms with Gasteiger partial charge in [-0.1, -0.05) is 209 Å². The second-order valence-corrected chi connectivity index (χ2v) is 43.1. The predicted octanol–water partition coefficient (Wildman–Crippen LogP) is 12.3. The SMILES string of the molecule is C=CCC(=O)SCCOP(=O)(COCCn1cnc2c(=O)[nH]c(N)nc21)OCc1ccccc1.CC(C)(C)C(=O)SCCOP(=O)(COCCn1cnc2c(=O)[nH]c(N)nc21)OCc1ccccc1.CCC(=O)SCCOP(=O)(COCCn1cnc2c(=O)[nH]c(N)nc21)OCc1ccccc1.Nc1nc2c(ncn2CCOCP(=O)(OCCSC(=O)C2CCC2)OCc2ccccc2)c(=O)[nH]1. The molecule has 4 aromatic carbocycles. The largest absolute Gasteiger partial charge is 0.369 e. The summed E-state index contributed by atoms with van der Waals surface area (Å²) in [7, 11) is -14.4. The maximum Gasteiger partial charge on any atom is 0.356 e. The molecule has 1 fully saturated rings. The second-order valence-electron chi connectivity index (χ2n) is 30.7. The number of ether oxygens (including phenoxy) is 4. The number of nitrogens with one attached hydrogen (secondary N) is 4. The van der Waals surface area contributed by atoms with E-state index in [2.05, 4.69) is 66.4 Å². The first-order valence-electron chi connectivity index (χ1n) is 42.9. The number of aromatic amines is 4. The van der Waals surface area contributed by atoms with Gasteiger partial charge < -0.3 is 96.3 Å². The topological polar surface area (TPSA) is 606 Å². The van der Waals surface area contributed by atoms with E-state index in [1.165, 1.54) is 43.1 Å². The molecule has 44 nitrogen and oxygen atoms in total. The number of aromatic nitrogens is 16. The average Bonchev–Trinajstić information content (AvgIpc) is 1.67. The van der Waals surface area contributed by atoms with Crippen LogP contribution >= 0.6 is 77.4 Å². The van der Waals surface area contributed by atoms with Gasteiger partial charge in [-0.05, 0) is 35.1 Å². The third-order valence-electron chi connectivity index (χ3n) is 19.1. The molecule has 0 amide bonds. The van der Waals surface area contributed by atoms with E-state index >= 15 is 0 Å². The van der Waals surface area contributed by atoms with Crippen molar-refractivity contribution in [1.82, 2.24) is 78.1 Å². The van der Waals surface area contributed by atoms with E-state index in [1.54, 1.807) is 25.2 Å². The molecule has 52 heteroatoms. The first kappa shape index (κ1) is 109. The molecule has 0 spiro atoms. The number of H-pyrrole nitrogens is 4. The Labute approximate surface area is 803 Å². The van der Waals surface area contributed by atoms with E-state index in [0.29, 0.717) is 71.7 Å². The molecule has 12 N–H and O–H groups in total. The molecule has 4 unspecified atom stereocenters. The predicted molar refractivity (Wildman–Crippen MR) is 524 cm³/mol. The molecule has 1 saturated carbocycles. The minimum absolute atomic E-state index is 0.00830. The smallest absolute Gasteiger partial charge is 0.356 e. The molecule has 12 aromatic rings. The fourth-order valence-corrected chi connectivity index (χ4v) is 20.4. The number of thioether (sulfide) groups is 4. The number of carbonyl (C=O) groups excluding carboxylic acids is 4. The Bertz CT molecular complexity index is 6390. The summed E-state index contributed by atoms with van der Waals surface area (Å²) >= 11 is 4.54. The van der Waals surface area contributed by atoms with Gasteiger partial charge in [-0.2, -0.15) is 19.9 Å². The Morgan fingerprint density at radius 2 is 0.679 bits per heavy atom. The van der Waals surface area contributed by atoms with Crippen LogP contribution in [0.15, 0.2) is 178 Å². The highest BCUT2D eigenvalue weighted by molar-refractivity contribution is 8.14. The van der Waals surface area contributed by atoms with Gasteiger partial charge in [-0.25, -0.2) is 19.9 Å². The van der Waals surface area contributed by atoms with E-state index < -0.39 is 58.0 Å². The zero-order valence-corrected chi connectivity index (χ0v) is 82.5. The van der Waals surface area contributed by atoms with Crippen molar-refractivity contribution in [3.05, 3.63) is 223 Å². The lowest BCUT2D eigenvalue weighted by Crippen LogP contribution is -2.19. The fraction of sp³-hybridized carbons (Fsp3) is 0.412. The van der Waals surface area contributed by atoms with Crippen LogP contribution in [0.1, 0.15) is 82.1 Å². The molecule has 0 bridgehead atoms. The number of imidazole rings is 4. The molecular weight excluding hydrogens is 1940 g/mol. The first-order chi connectivity index (χ1) is 65.8. The van der Waals surface area contributed by atoms with E-state index in [1.807, 2.05) is 142 Å². The van der Waals surface area contributed by atoms with Crippen molar-refractivity contribution in [2.75, 3.05) is 124 Å². The van der Waals surface area contributed by atoms with Gasteiger partial charge in [-0.3, -0.25) is 76.6 Å². The van der Waals surface area contributed by atoms with Gasteiger partial charge in [-0.15, -0.1) is 6.58 Å². The maximum absolute atomic E-state index is 13.3. The van der Waals surface area contributed by atoms with Crippen molar-refractivity contribution in [2.45, 2.75) is 112 Å². The van der Waals surface area contributed by atoms with Crippen LogP contribution in [0.2, 0.25) is 0 Å². The van der Waals surface area contributed by atoms with Crippen LogP contribution in [0.3, 0.4) is 0 Å². The van der Waals surface area contributed by atoms with Crippen molar-refractivity contribution in [2.24, 2.45) is 11.3 Å². The van der Waals surface area contributed by atoms with Gasteiger partial charge in [0.1, 0.15) is 25.4 Å². The van der Waals surface area contributed by atoms with E-state index in [9.17, 15) is 56.6 Å². The normalized spacial score (nSPS) is 13.9. The lowest BCUT2D eigenvalue weighted by atomic mass is 9.87. The second kappa shape index (κ2) is 54.9. The summed E-state index contributed by atoms with van der Waals surface area (Å²) in [6, 6.07) is 37.2. The summed E-state index contributed by atoms with van der Waals surface area (Å²) in [5, 5.41) is 0.181. The summed E-state index contributed by atoms with van der Waals surface area (Å²) in [6.45, 7) is 13.3. The van der Waals surface area contributed by atoms with Crippen LogP contribution < -0.4 is 45.2 Å². The molecular formula is C85H110N20O24P4S4. The summed E-state index contributed by atoms with van der Waals surface area (Å²) in [4.78, 5) is 137. The van der Waals surface area contributed by atoms with Crippen LogP contribution in [-0.4, -0.2) is 200 Å². The minimum atomic E-state index is -3.62. The number of anilines is 4. The number of hydrogen-bond acceptors (Lipinski definition) is 40. The van der Waals surface area contributed by atoms with Crippen LogP contribution in [0.4, 0.5) is 23.8 Å². The monoisotopic (exact) mass is 2050 g/mol. The van der Waals surface area contributed by atoms with Crippen molar-refractivity contribution in [3.8, 4) is 0 Å². The molecule has 0 aliphatic heterocycles. The number of nitrogen functional groups attached to an aromatic ring is 4. The van der Waals surface area contributed by atoms with Gasteiger partial charge in [0.25, 0.3) is 22.2 Å². The van der Waals surface area contributed by atoms with Crippen LogP contribution in [0.25, 0.3) is 44.7 Å². The van der Waals surface area contributed by atoms with Gasteiger partial charge in [0.2, 0.25) is 23.8 Å². The number of benzene rings is 4. The van der Waals surface area contributed by atoms with Crippen LogP contribution in [-0.2, 0) is 145 Å². The van der Waals surface area contributed by atoms with Crippen LogP contribution in [0.5, 0.6) is 0 Å². The first-order valence-corrected chi connectivity index (χ1v) is 53.7. The molecule has 0 radical (unpaired) electrons. The van der Waals surface area contributed by atoms with Crippen molar-refractivity contribution >= 4 is 166 Å². The van der Waals surface area contributed by atoms with Crippen LogP contribution in [0, 0.1) is 11.3 Å². The number of allylic oxidation sites excluding steroid dienone is 1. The third kappa shape index (κ3) is 36.2. The van der Waals surface area contributed by atoms with E-state index in [-0.39, 0.29) is 190 Å². The van der Waals surface area contributed by atoms with Crippen molar-refractivity contribution in [1.29, 1.82) is 0 Å². The van der Waals surface area contributed by atoms with Gasteiger partial charge in [0.05, 0.1) is 105 Å². The fourth-order valence-electron chi connectivity index (χ4n) is 11.9. The third-order valence-corrected chi connectivity index (χ3v) is 29.6. The Morgan fingerprint density at radius 1 is 0.409 bits per heavy atom. The molecule has 4 atom stereocenters. The number of carbonyl (C=O) groups is 4. The summed E-state index contributed by atoms with van der Waals surface area (Å²) in [5.74, 6) is 1.53. The molecule has 13 rings (SSSR count). The summed E-state index contributed by atoms with van der Waals surface area (Å²) < 4.78 is 127.